The Morgan fingerprint density at radius 1 is 0.900 bits per heavy atom. The summed E-state index contributed by atoms with van der Waals surface area (Å²) in [5.74, 6) is 0.677. The summed E-state index contributed by atoms with van der Waals surface area (Å²) in [6.07, 6.45) is 0. The van der Waals surface area contributed by atoms with Crippen molar-refractivity contribution in [2.45, 2.75) is 20.8 Å². The fourth-order valence-corrected chi connectivity index (χ4v) is 2.83. The minimum atomic E-state index is 0.518. The molecule has 1 heterocycles. The van der Waals surface area contributed by atoms with E-state index in [0.717, 1.165) is 22.0 Å². The molecule has 0 N–H and O–H groups in total. The second kappa shape index (κ2) is 4.88. The van der Waals surface area contributed by atoms with Crippen molar-refractivity contribution < 1.29 is 0 Å². The Bertz CT molecular complexity index is 809. The van der Waals surface area contributed by atoms with Gasteiger partial charge in [-0.1, -0.05) is 41.4 Å². The van der Waals surface area contributed by atoms with E-state index in [1.165, 1.54) is 11.1 Å². The molecule has 0 bridgehead atoms. The maximum atomic E-state index is 6.36. The quantitative estimate of drug-likeness (QED) is 0.595. The molecule has 0 unspecified atom stereocenters. The van der Waals surface area contributed by atoms with E-state index in [9.17, 15) is 0 Å². The summed E-state index contributed by atoms with van der Waals surface area (Å²) in [5.41, 5.74) is 5.37. The summed E-state index contributed by atoms with van der Waals surface area (Å²) in [6, 6.07) is 12.3. The largest absolute Gasteiger partial charge is 0.228 e. The molecule has 20 heavy (non-hydrogen) atoms. The van der Waals surface area contributed by atoms with Gasteiger partial charge in [0.05, 0.1) is 5.52 Å². The van der Waals surface area contributed by atoms with Crippen molar-refractivity contribution >= 4 is 22.5 Å². The normalized spacial score (nSPS) is 11.0. The monoisotopic (exact) mass is 282 g/mol. The average molecular weight is 283 g/mol. The molecule has 0 fully saturated rings. The minimum Gasteiger partial charge on any atom is -0.228 e. The highest BCUT2D eigenvalue weighted by molar-refractivity contribution is 6.34. The maximum absolute atomic E-state index is 6.36. The Balaban J connectivity index is 2.29. The van der Waals surface area contributed by atoms with Gasteiger partial charge in [-0.15, -0.1) is 0 Å². The number of benzene rings is 2. The molecule has 100 valence electrons. The Morgan fingerprint density at radius 2 is 1.70 bits per heavy atom. The minimum absolute atomic E-state index is 0.518. The van der Waals surface area contributed by atoms with Gasteiger partial charge in [0.1, 0.15) is 5.15 Å². The molecule has 0 radical (unpaired) electrons. The van der Waals surface area contributed by atoms with E-state index in [1.54, 1.807) is 0 Å². The highest BCUT2D eigenvalue weighted by Gasteiger charge is 2.10. The third kappa shape index (κ3) is 2.27. The molecular formula is C17H15ClN2. The number of halogens is 1. The zero-order chi connectivity index (χ0) is 14.3. The number of aromatic nitrogens is 2. The zero-order valence-electron chi connectivity index (χ0n) is 11.7. The lowest BCUT2D eigenvalue weighted by molar-refractivity contribution is 1.21. The van der Waals surface area contributed by atoms with Crippen LogP contribution in [-0.4, -0.2) is 9.97 Å². The topological polar surface area (TPSA) is 25.8 Å². The molecule has 0 saturated carbocycles. The van der Waals surface area contributed by atoms with Crippen molar-refractivity contribution in [2.75, 3.05) is 0 Å². The summed E-state index contributed by atoms with van der Waals surface area (Å²) in [6.45, 7) is 6.16. The van der Waals surface area contributed by atoms with Crippen molar-refractivity contribution in [3.63, 3.8) is 0 Å². The van der Waals surface area contributed by atoms with Gasteiger partial charge in [-0.05, 0) is 44.0 Å². The fourth-order valence-electron chi connectivity index (χ4n) is 2.50. The van der Waals surface area contributed by atoms with Crippen LogP contribution in [0.5, 0.6) is 0 Å². The summed E-state index contributed by atoms with van der Waals surface area (Å²) in [5, 5.41) is 1.46. The number of rotatable bonds is 1. The zero-order valence-corrected chi connectivity index (χ0v) is 12.5. The molecular weight excluding hydrogens is 268 g/mol. The van der Waals surface area contributed by atoms with Crippen LogP contribution in [0.15, 0.2) is 36.4 Å². The first-order valence-electron chi connectivity index (χ1n) is 6.56. The van der Waals surface area contributed by atoms with E-state index in [4.69, 9.17) is 11.6 Å². The first kappa shape index (κ1) is 13.1. The van der Waals surface area contributed by atoms with Crippen LogP contribution in [0.3, 0.4) is 0 Å². The van der Waals surface area contributed by atoms with Crippen molar-refractivity contribution in [1.29, 1.82) is 0 Å². The van der Waals surface area contributed by atoms with Gasteiger partial charge in [0.25, 0.3) is 0 Å². The van der Waals surface area contributed by atoms with Crippen LogP contribution in [0.1, 0.15) is 16.7 Å². The molecule has 3 rings (SSSR count). The van der Waals surface area contributed by atoms with Crippen molar-refractivity contribution in [3.8, 4) is 11.4 Å². The molecule has 0 aliphatic heterocycles. The van der Waals surface area contributed by atoms with Gasteiger partial charge in [-0.25, -0.2) is 9.97 Å². The van der Waals surface area contributed by atoms with Crippen LogP contribution in [0.4, 0.5) is 0 Å². The number of fused-ring (bicyclic) bond motifs is 1. The van der Waals surface area contributed by atoms with Crippen molar-refractivity contribution in [1.82, 2.24) is 9.97 Å². The number of nitrogens with zero attached hydrogens (tertiary/aromatic N) is 2. The summed E-state index contributed by atoms with van der Waals surface area (Å²) in [7, 11) is 0. The van der Waals surface area contributed by atoms with Gasteiger partial charge in [0, 0.05) is 10.9 Å². The second-order valence-corrected chi connectivity index (χ2v) is 5.54. The summed E-state index contributed by atoms with van der Waals surface area (Å²) < 4.78 is 0. The van der Waals surface area contributed by atoms with E-state index in [1.807, 2.05) is 19.1 Å². The second-order valence-electron chi connectivity index (χ2n) is 5.18. The smallest absolute Gasteiger partial charge is 0.161 e. The van der Waals surface area contributed by atoms with Crippen LogP contribution in [0, 0.1) is 20.8 Å². The molecule has 1 aromatic heterocycles. The molecule has 2 nitrogen and oxygen atoms in total. The highest BCUT2D eigenvalue weighted by atomic mass is 35.5. The standard InChI is InChI=1S/C17H15ClN2/c1-10-5-4-6-13(8-10)17-19-14-9-11(2)7-12(3)15(14)16(18)20-17/h4-9H,1-3H3. The van der Waals surface area contributed by atoms with Gasteiger partial charge in [-0.3, -0.25) is 0 Å². The fraction of sp³-hybridized carbons (Fsp3) is 0.176. The first-order chi connectivity index (χ1) is 9.54. The molecule has 3 aromatic rings. The molecule has 2 aromatic carbocycles. The van der Waals surface area contributed by atoms with Crippen LogP contribution in [0.25, 0.3) is 22.3 Å². The van der Waals surface area contributed by atoms with E-state index in [0.29, 0.717) is 11.0 Å². The van der Waals surface area contributed by atoms with Crippen LogP contribution in [-0.2, 0) is 0 Å². The van der Waals surface area contributed by atoms with Crippen LogP contribution >= 0.6 is 11.6 Å². The SMILES string of the molecule is Cc1cccc(-c2nc(Cl)c3c(C)cc(C)cc3n2)c1. The van der Waals surface area contributed by atoms with E-state index in [-0.39, 0.29) is 0 Å². The predicted molar refractivity (Wildman–Crippen MR) is 84.2 cm³/mol. The molecule has 0 atom stereocenters. The van der Waals surface area contributed by atoms with E-state index in [2.05, 4.69) is 48.1 Å². The maximum Gasteiger partial charge on any atom is 0.161 e. The molecule has 0 aliphatic carbocycles. The number of hydrogen-bond donors (Lipinski definition) is 0. The van der Waals surface area contributed by atoms with Crippen molar-refractivity contribution in [2.24, 2.45) is 0 Å². The van der Waals surface area contributed by atoms with Crippen molar-refractivity contribution in [3.05, 3.63) is 58.2 Å². The van der Waals surface area contributed by atoms with Gasteiger partial charge >= 0.3 is 0 Å². The Labute approximate surface area is 123 Å². The van der Waals surface area contributed by atoms with Gasteiger partial charge in [0.2, 0.25) is 0 Å². The Morgan fingerprint density at radius 3 is 2.45 bits per heavy atom. The summed E-state index contributed by atoms with van der Waals surface area (Å²) in [4.78, 5) is 9.13. The third-order valence-electron chi connectivity index (χ3n) is 3.37. The number of aryl methyl sites for hydroxylation is 3. The molecule has 0 amide bonds. The van der Waals surface area contributed by atoms with E-state index >= 15 is 0 Å². The third-order valence-corrected chi connectivity index (χ3v) is 3.65. The number of hydrogen-bond acceptors (Lipinski definition) is 2. The molecule has 0 saturated heterocycles. The van der Waals surface area contributed by atoms with Crippen LogP contribution < -0.4 is 0 Å². The van der Waals surface area contributed by atoms with Gasteiger partial charge < -0.3 is 0 Å². The van der Waals surface area contributed by atoms with Gasteiger partial charge in [-0.2, -0.15) is 0 Å². The summed E-state index contributed by atoms with van der Waals surface area (Å²) >= 11 is 6.36. The first-order valence-corrected chi connectivity index (χ1v) is 6.94. The van der Waals surface area contributed by atoms with E-state index < -0.39 is 0 Å². The molecule has 0 spiro atoms. The molecule has 3 heteroatoms. The predicted octanol–water partition coefficient (Wildman–Crippen LogP) is 4.88. The lowest BCUT2D eigenvalue weighted by atomic mass is 10.1. The average Bonchev–Trinajstić information content (AvgIpc) is 2.37. The van der Waals surface area contributed by atoms with Gasteiger partial charge in [0.15, 0.2) is 5.82 Å². The Hall–Kier alpha value is -1.93. The lowest BCUT2D eigenvalue weighted by Crippen LogP contribution is -1.94. The van der Waals surface area contributed by atoms with Crippen LogP contribution in [0.2, 0.25) is 5.15 Å². The Kier molecular flexibility index (Phi) is 3.19. The highest BCUT2D eigenvalue weighted by Crippen LogP contribution is 2.28. The molecule has 0 aliphatic rings. The lowest BCUT2D eigenvalue weighted by Gasteiger charge is -2.08.